The highest BCUT2D eigenvalue weighted by molar-refractivity contribution is 6.32. The molecule has 2 heteroatoms. The Balaban J connectivity index is 2.94. The van der Waals surface area contributed by atoms with Crippen LogP contribution in [0.3, 0.4) is 0 Å². The van der Waals surface area contributed by atoms with Gasteiger partial charge in [0.1, 0.15) is 0 Å². The van der Waals surface area contributed by atoms with E-state index >= 15 is 0 Å². The smallest absolute Gasteiger partial charge is 0.0734 e. The Bertz CT molecular complexity index is 463. The number of fused-ring (bicyclic) bond motifs is 1. The maximum Gasteiger partial charge on any atom is 0.0734 e. The zero-order chi connectivity index (χ0) is 9.42. The summed E-state index contributed by atoms with van der Waals surface area (Å²) in [6, 6.07) is 6.14. The molecule has 1 aromatic carbocycles. The van der Waals surface area contributed by atoms with Crippen molar-refractivity contribution >= 4 is 22.5 Å². The molecule has 0 unspecified atom stereocenters. The van der Waals surface area contributed by atoms with E-state index in [1.165, 1.54) is 5.56 Å². The molecule has 13 heavy (non-hydrogen) atoms. The SMILES string of the molecule is Cc1c(Cl)cnc2c(C)cccc12. The summed E-state index contributed by atoms with van der Waals surface area (Å²) in [7, 11) is 0. The standard InChI is InChI=1S/C11H10ClN/c1-7-4-3-5-9-8(2)10(12)6-13-11(7)9/h3-6H,1-2H3. The van der Waals surface area contributed by atoms with Crippen LogP contribution in [-0.4, -0.2) is 4.98 Å². The first-order chi connectivity index (χ1) is 6.20. The van der Waals surface area contributed by atoms with E-state index in [0.717, 1.165) is 21.5 Å². The molecule has 0 atom stereocenters. The third-order valence-corrected chi connectivity index (χ3v) is 2.69. The number of pyridine rings is 1. The lowest BCUT2D eigenvalue weighted by molar-refractivity contribution is 1.33. The number of aryl methyl sites for hydroxylation is 2. The minimum Gasteiger partial charge on any atom is -0.254 e. The first kappa shape index (κ1) is 8.52. The molecule has 0 amide bonds. The van der Waals surface area contributed by atoms with Gasteiger partial charge >= 0.3 is 0 Å². The van der Waals surface area contributed by atoms with Crippen LogP contribution in [0.5, 0.6) is 0 Å². The summed E-state index contributed by atoms with van der Waals surface area (Å²) in [6.07, 6.45) is 1.71. The number of nitrogens with zero attached hydrogens (tertiary/aromatic N) is 1. The molecule has 1 aromatic heterocycles. The molecule has 0 aliphatic rings. The lowest BCUT2D eigenvalue weighted by Gasteiger charge is -2.04. The zero-order valence-electron chi connectivity index (χ0n) is 7.63. The van der Waals surface area contributed by atoms with Crippen LogP contribution in [0.4, 0.5) is 0 Å². The van der Waals surface area contributed by atoms with Crippen LogP contribution < -0.4 is 0 Å². The van der Waals surface area contributed by atoms with E-state index in [-0.39, 0.29) is 0 Å². The molecular weight excluding hydrogens is 182 g/mol. The molecule has 2 aromatic rings. The Labute approximate surface area is 82.4 Å². The largest absolute Gasteiger partial charge is 0.254 e. The van der Waals surface area contributed by atoms with Crippen molar-refractivity contribution in [1.82, 2.24) is 4.98 Å². The molecule has 0 fully saturated rings. The highest BCUT2D eigenvalue weighted by atomic mass is 35.5. The number of para-hydroxylation sites is 1. The van der Waals surface area contributed by atoms with Gasteiger partial charge in [-0.25, -0.2) is 0 Å². The Morgan fingerprint density at radius 1 is 1.23 bits per heavy atom. The lowest BCUT2D eigenvalue weighted by atomic mass is 10.1. The van der Waals surface area contributed by atoms with E-state index in [0.29, 0.717) is 0 Å². The molecular formula is C11H10ClN. The van der Waals surface area contributed by atoms with Gasteiger partial charge in [-0.05, 0) is 25.0 Å². The molecule has 0 saturated carbocycles. The van der Waals surface area contributed by atoms with Crippen molar-refractivity contribution in [3.63, 3.8) is 0 Å². The zero-order valence-corrected chi connectivity index (χ0v) is 8.39. The molecule has 1 nitrogen and oxygen atoms in total. The van der Waals surface area contributed by atoms with Gasteiger partial charge in [0, 0.05) is 11.6 Å². The first-order valence-electron chi connectivity index (χ1n) is 4.20. The first-order valence-corrected chi connectivity index (χ1v) is 4.58. The van der Waals surface area contributed by atoms with Crippen LogP contribution in [0.15, 0.2) is 24.4 Å². The van der Waals surface area contributed by atoms with Gasteiger partial charge in [-0.15, -0.1) is 0 Å². The van der Waals surface area contributed by atoms with Gasteiger partial charge < -0.3 is 0 Å². The van der Waals surface area contributed by atoms with Crippen molar-refractivity contribution < 1.29 is 0 Å². The molecule has 0 radical (unpaired) electrons. The highest BCUT2D eigenvalue weighted by Gasteiger charge is 2.03. The Hall–Kier alpha value is -1.08. The third-order valence-electron chi connectivity index (χ3n) is 2.31. The highest BCUT2D eigenvalue weighted by Crippen LogP contribution is 2.24. The van der Waals surface area contributed by atoms with Gasteiger partial charge in [-0.3, -0.25) is 4.98 Å². The van der Waals surface area contributed by atoms with Gasteiger partial charge in [-0.1, -0.05) is 29.8 Å². The molecule has 2 rings (SSSR count). The Kier molecular flexibility index (Phi) is 1.97. The molecule has 0 aliphatic carbocycles. The minimum atomic E-state index is 0.734. The van der Waals surface area contributed by atoms with E-state index in [4.69, 9.17) is 11.6 Å². The summed E-state index contributed by atoms with van der Waals surface area (Å²) in [5.41, 5.74) is 3.34. The number of rotatable bonds is 0. The second-order valence-corrected chi connectivity index (χ2v) is 3.61. The van der Waals surface area contributed by atoms with E-state index in [2.05, 4.69) is 24.0 Å². The van der Waals surface area contributed by atoms with Gasteiger partial charge in [0.05, 0.1) is 10.5 Å². The van der Waals surface area contributed by atoms with Gasteiger partial charge in [0.15, 0.2) is 0 Å². The predicted octanol–water partition coefficient (Wildman–Crippen LogP) is 3.51. The number of benzene rings is 1. The number of aromatic nitrogens is 1. The second-order valence-electron chi connectivity index (χ2n) is 3.20. The fraction of sp³-hybridized carbons (Fsp3) is 0.182. The quantitative estimate of drug-likeness (QED) is 0.621. The average Bonchev–Trinajstić information content (AvgIpc) is 2.12. The molecule has 0 saturated heterocycles. The van der Waals surface area contributed by atoms with Crippen molar-refractivity contribution in [2.24, 2.45) is 0 Å². The molecule has 1 heterocycles. The van der Waals surface area contributed by atoms with E-state index in [1.807, 2.05) is 13.0 Å². The summed E-state index contributed by atoms with van der Waals surface area (Å²) in [4.78, 5) is 4.31. The third kappa shape index (κ3) is 1.29. The van der Waals surface area contributed by atoms with Crippen molar-refractivity contribution in [2.45, 2.75) is 13.8 Å². The predicted molar refractivity (Wildman–Crippen MR) is 56.2 cm³/mol. The van der Waals surface area contributed by atoms with Gasteiger partial charge in [0.2, 0.25) is 0 Å². The van der Waals surface area contributed by atoms with Crippen molar-refractivity contribution in [1.29, 1.82) is 0 Å². The van der Waals surface area contributed by atoms with Gasteiger partial charge in [-0.2, -0.15) is 0 Å². The van der Waals surface area contributed by atoms with E-state index < -0.39 is 0 Å². The normalized spacial score (nSPS) is 10.7. The fourth-order valence-electron chi connectivity index (χ4n) is 1.48. The van der Waals surface area contributed by atoms with Crippen molar-refractivity contribution in [2.75, 3.05) is 0 Å². The molecule has 0 bridgehead atoms. The Morgan fingerprint density at radius 2 is 2.00 bits per heavy atom. The summed E-state index contributed by atoms with van der Waals surface area (Å²) in [6.45, 7) is 4.08. The molecule has 0 spiro atoms. The maximum absolute atomic E-state index is 5.98. The van der Waals surface area contributed by atoms with Crippen LogP contribution >= 0.6 is 11.6 Å². The van der Waals surface area contributed by atoms with Crippen LogP contribution in [0.25, 0.3) is 10.9 Å². The van der Waals surface area contributed by atoms with E-state index in [1.54, 1.807) is 6.20 Å². The summed E-state index contributed by atoms with van der Waals surface area (Å²) >= 11 is 5.98. The van der Waals surface area contributed by atoms with Crippen molar-refractivity contribution in [3.05, 3.63) is 40.5 Å². The summed E-state index contributed by atoms with van der Waals surface area (Å²) in [5, 5.41) is 1.88. The lowest BCUT2D eigenvalue weighted by Crippen LogP contribution is -1.86. The van der Waals surface area contributed by atoms with Crippen LogP contribution in [0, 0.1) is 13.8 Å². The number of hydrogen-bond acceptors (Lipinski definition) is 1. The van der Waals surface area contributed by atoms with Crippen LogP contribution in [0.2, 0.25) is 5.02 Å². The fourth-order valence-corrected chi connectivity index (χ4v) is 1.63. The molecule has 0 N–H and O–H groups in total. The maximum atomic E-state index is 5.98. The average molecular weight is 192 g/mol. The van der Waals surface area contributed by atoms with E-state index in [9.17, 15) is 0 Å². The topological polar surface area (TPSA) is 12.9 Å². The van der Waals surface area contributed by atoms with Crippen LogP contribution in [-0.2, 0) is 0 Å². The minimum absolute atomic E-state index is 0.734. The monoisotopic (exact) mass is 191 g/mol. The summed E-state index contributed by atoms with van der Waals surface area (Å²) in [5.74, 6) is 0. The number of halogens is 1. The molecule has 0 aliphatic heterocycles. The van der Waals surface area contributed by atoms with Gasteiger partial charge in [0.25, 0.3) is 0 Å². The van der Waals surface area contributed by atoms with Crippen LogP contribution in [0.1, 0.15) is 11.1 Å². The van der Waals surface area contributed by atoms with Crippen molar-refractivity contribution in [3.8, 4) is 0 Å². The Morgan fingerprint density at radius 3 is 2.77 bits per heavy atom. The summed E-state index contributed by atoms with van der Waals surface area (Å²) < 4.78 is 0. The number of hydrogen-bond donors (Lipinski definition) is 0. The molecule has 66 valence electrons. The second kappa shape index (κ2) is 3.00.